The molecule has 0 aliphatic carbocycles. The number of amides is 1. The number of likely N-dealkylation sites (N-methyl/N-ethyl adjacent to an activating group) is 1. The molecule has 20 heavy (non-hydrogen) atoms. The molecule has 0 saturated heterocycles. The van der Waals surface area contributed by atoms with Crippen LogP contribution in [-0.4, -0.2) is 37.1 Å². The van der Waals surface area contributed by atoms with Crippen LogP contribution in [0.3, 0.4) is 0 Å². The lowest BCUT2D eigenvalue weighted by Crippen LogP contribution is -2.37. The number of nitrogens with one attached hydrogen (secondary N) is 1. The second-order valence-electron chi connectivity index (χ2n) is 5.14. The second-order valence-corrected chi connectivity index (χ2v) is 5.14. The van der Waals surface area contributed by atoms with Gasteiger partial charge in [0.2, 0.25) is 5.91 Å². The standard InChI is InChI=1S/C14H21N3O3/c1-9(2)7-16-13(18)8-17(3)12-5-4-10(15)6-11(12)14(19)20/h4-6,9H,7-8,15H2,1-3H3,(H,16,18)(H,19,20). The van der Waals surface area contributed by atoms with Crippen LogP contribution in [0.4, 0.5) is 11.4 Å². The summed E-state index contributed by atoms with van der Waals surface area (Å²) in [6, 6.07) is 4.61. The van der Waals surface area contributed by atoms with E-state index in [1.54, 1.807) is 24.1 Å². The van der Waals surface area contributed by atoms with Gasteiger partial charge >= 0.3 is 5.97 Å². The first-order valence-corrected chi connectivity index (χ1v) is 6.42. The Balaban J connectivity index is 2.79. The van der Waals surface area contributed by atoms with E-state index in [2.05, 4.69) is 5.32 Å². The summed E-state index contributed by atoms with van der Waals surface area (Å²) in [5.41, 5.74) is 6.52. The van der Waals surface area contributed by atoms with E-state index in [-0.39, 0.29) is 18.0 Å². The molecule has 1 aromatic carbocycles. The van der Waals surface area contributed by atoms with Crippen molar-refractivity contribution in [1.82, 2.24) is 5.32 Å². The zero-order valence-electron chi connectivity index (χ0n) is 12.0. The van der Waals surface area contributed by atoms with E-state index in [0.29, 0.717) is 23.8 Å². The smallest absolute Gasteiger partial charge is 0.337 e. The number of benzene rings is 1. The number of carbonyl (C=O) groups excluding carboxylic acids is 1. The number of carboxylic acids is 1. The number of hydrogen-bond acceptors (Lipinski definition) is 4. The highest BCUT2D eigenvalue weighted by Gasteiger charge is 2.16. The Bertz CT molecular complexity index is 500. The van der Waals surface area contributed by atoms with Gasteiger partial charge in [0.25, 0.3) is 0 Å². The summed E-state index contributed by atoms with van der Waals surface area (Å²) in [7, 11) is 1.67. The molecule has 0 unspecified atom stereocenters. The third kappa shape index (κ3) is 4.46. The van der Waals surface area contributed by atoms with Gasteiger partial charge in [0.05, 0.1) is 17.8 Å². The molecule has 0 saturated carbocycles. The zero-order chi connectivity index (χ0) is 15.3. The van der Waals surface area contributed by atoms with E-state index in [4.69, 9.17) is 10.8 Å². The van der Waals surface area contributed by atoms with Crippen molar-refractivity contribution in [3.05, 3.63) is 23.8 Å². The largest absolute Gasteiger partial charge is 0.478 e. The molecule has 1 aromatic rings. The number of hydrogen-bond donors (Lipinski definition) is 3. The summed E-state index contributed by atoms with van der Waals surface area (Å²) in [5.74, 6) is -0.841. The lowest BCUT2D eigenvalue weighted by molar-refractivity contribution is -0.119. The Labute approximate surface area is 118 Å². The first-order chi connectivity index (χ1) is 9.31. The fraction of sp³-hybridized carbons (Fsp3) is 0.429. The lowest BCUT2D eigenvalue weighted by Gasteiger charge is -2.21. The molecule has 6 heteroatoms. The van der Waals surface area contributed by atoms with Crippen molar-refractivity contribution in [2.24, 2.45) is 5.92 Å². The molecule has 0 aromatic heterocycles. The SMILES string of the molecule is CC(C)CNC(=O)CN(C)c1ccc(N)cc1C(=O)O. The normalized spacial score (nSPS) is 10.4. The van der Waals surface area contributed by atoms with Gasteiger partial charge in [-0.05, 0) is 24.1 Å². The monoisotopic (exact) mass is 279 g/mol. The number of anilines is 2. The molecular formula is C14H21N3O3. The quantitative estimate of drug-likeness (QED) is 0.679. The summed E-state index contributed by atoms with van der Waals surface area (Å²) in [6.45, 7) is 4.70. The van der Waals surface area contributed by atoms with Crippen molar-refractivity contribution in [1.29, 1.82) is 0 Å². The molecule has 0 aliphatic heterocycles. The van der Waals surface area contributed by atoms with Crippen LogP contribution >= 0.6 is 0 Å². The van der Waals surface area contributed by atoms with Crippen LogP contribution < -0.4 is 16.0 Å². The zero-order valence-corrected chi connectivity index (χ0v) is 12.0. The summed E-state index contributed by atoms with van der Waals surface area (Å²) in [5, 5.41) is 12.0. The maximum atomic E-state index is 11.8. The molecule has 0 atom stereocenters. The number of carbonyl (C=O) groups is 2. The number of nitrogens with zero attached hydrogens (tertiary/aromatic N) is 1. The van der Waals surface area contributed by atoms with Crippen LogP contribution in [0.1, 0.15) is 24.2 Å². The molecule has 0 bridgehead atoms. The van der Waals surface area contributed by atoms with Gasteiger partial charge in [-0.1, -0.05) is 13.8 Å². The van der Waals surface area contributed by atoms with E-state index in [1.165, 1.54) is 6.07 Å². The summed E-state index contributed by atoms with van der Waals surface area (Å²) >= 11 is 0. The average molecular weight is 279 g/mol. The van der Waals surface area contributed by atoms with E-state index in [0.717, 1.165) is 0 Å². The highest BCUT2D eigenvalue weighted by atomic mass is 16.4. The van der Waals surface area contributed by atoms with Crippen LogP contribution in [0.5, 0.6) is 0 Å². The van der Waals surface area contributed by atoms with Gasteiger partial charge in [-0.2, -0.15) is 0 Å². The molecule has 4 N–H and O–H groups in total. The first kappa shape index (κ1) is 15.8. The maximum Gasteiger partial charge on any atom is 0.337 e. The molecule has 0 radical (unpaired) electrons. The van der Waals surface area contributed by atoms with Gasteiger partial charge in [-0.3, -0.25) is 4.79 Å². The van der Waals surface area contributed by atoms with Gasteiger partial charge in [-0.15, -0.1) is 0 Å². The van der Waals surface area contributed by atoms with Gasteiger partial charge in [0.15, 0.2) is 0 Å². The minimum atomic E-state index is -1.07. The fourth-order valence-electron chi connectivity index (χ4n) is 1.73. The number of nitrogen functional groups attached to an aromatic ring is 1. The summed E-state index contributed by atoms with van der Waals surface area (Å²) < 4.78 is 0. The average Bonchev–Trinajstić information content (AvgIpc) is 2.35. The van der Waals surface area contributed by atoms with E-state index in [9.17, 15) is 9.59 Å². The van der Waals surface area contributed by atoms with Crippen molar-refractivity contribution in [2.75, 3.05) is 30.8 Å². The Kier molecular flexibility index (Phi) is 5.37. The van der Waals surface area contributed by atoms with E-state index < -0.39 is 5.97 Å². The van der Waals surface area contributed by atoms with Gasteiger partial charge in [0, 0.05) is 19.3 Å². The van der Waals surface area contributed by atoms with Crippen molar-refractivity contribution in [2.45, 2.75) is 13.8 Å². The second kappa shape index (κ2) is 6.79. The topological polar surface area (TPSA) is 95.7 Å². The van der Waals surface area contributed by atoms with Gasteiger partial charge < -0.3 is 21.1 Å². The Morgan fingerprint density at radius 3 is 2.60 bits per heavy atom. The number of rotatable bonds is 6. The third-order valence-electron chi connectivity index (χ3n) is 2.75. The van der Waals surface area contributed by atoms with Crippen molar-refractivity contribution < 1.29 is 14.7 Å². The first-order valence-electron chi connectivity index (χ1n) is 6.42. The summed E-state index contributed by atoms with van der Waals surface area (Å²) in [4.78, 5) is 24.5. The molecule has 6 nitrogen and oxygen atoms in total. The third-order valence-corrected chi connectivity index (χ3v) is 2.75. The van der Waals surface area contributed by atoms with Gasteiger partial charge in [0.1, 0.15) is 0 Å². The number of carboxylic acid groups (broad SMARTS) is 1. The van der Waals surface area contributed by atoms with Crippen LogP contribution in [0, 0.1) is 5.92 Å². The Hall–Kier alpha value is -2.24. The highest BCUT2D eigenvalue weighted by Crippen LogP contribution is 2.22. The number of nitrogens with two attached hydrogens (primary N) is 1. The lowest BCUT2D eigenvalue weighted by atomic mass is 10.1. The minimum Gasteiger partial charge on any atom is -0.478 e. The molecule has 1 rings (SSSR count). The molecule has 0 spiro atoms. The van der Waals surface area contributed by atoms with Crippen LogP contribution in [-0.2, 0) is 4.79 Å². The molecular weight excluding hydrogens is 258 g/mol. The highest BCUT2D eigenvalue weighted by molar-refractivity contribution is 5.96. The summed E-state index contributed by atoms with van der Waals surface area (Å²) in [6.07, 6.45) is 0. The number of aromatic carboxylic acids is 1. The van der Waals surface area contributed by atoms with Crippen LogP contribution in [0.15, 0.2) is 18.2 Å². The molecule has 110 valence electrons. The van der Waals surface area contributed by atoms with Crippen LogP contribution in [0.25, 0.3) is 0 Å². The van der Waals surface area contributed by atoms with Crippen molar-refractivity contribution in [3.8, 4) is 0 Å². The van der Waals surface area contributed by atoms with E-state index in [1.807, 2.05) is 13.8 Å². The molecule has 0 aliphatic rings. The van der Waals surface area contributed by atoms with Crippen molar-refractivity contribution >= 4 is 23.3 Å². The van der Waals surface area contributed by atoms with Crippen LogP contribution in [0.2, 0.25) is 0 Å². The molecule has 0 fully saturated rings. The Morgan fingerprint density at radius 2 is 2.05 bits per heavy atom. The van der Waals surface area contributed by atoms with Gasteiger partial charge in [-0.25, -0.2) is 4.79 Å². The minimum absolute atomic E-state index is 0.0872. The predicted molar refractivity (Wildman–Crippen MR) is 78.9 cm³/mol. The Morgan fingerprint density at radius 1 is 1.40 bits per heavy atom. The molecule has 0 heterocycles. The predicted octanol–water partition coefficient (Wildman–Crippen LogP) is 1.18. The van der Waals surface area contributed by atoms with Crippen molar-refractivity contribution in [3.63, 3.8) is 0 Å². The van der Waals surface area contributed by atoms with E-state index >= 15 is 0 Å². The molecule has 1 amide bonds. The fourth-order valence-corrected chi connectivity index (χ4v) is 1.73. The maximum absolute atomic E-state index is 11.8.